The van der Waals surface area contributed by atoms with E-state index in [1.807, 2.05) is 12.1 Å². The number of fused-ring (bicyclic) bond motifs is 2. The van der Waals surface area contributed by atoms with Crippen molar-refractivity contribution in [1.29, 1.82) is 0 Å². The van der Waals surface area contributed by atoms with Crippen LogP contribution in [0.4, 0.5) is 0 Å². The van der Waals surface area contributed by atoms with Crippen molar-refractivity contribution < 1.29 is 9.53 Å². The number of amides is 1. The molecule has 1 amide bonds. The lowest BCUT2D eigenvalue weighted by molar-refractivity contribution is 0.0997. The van der Waals surface area contributed by atoms with E-state index in [2.05, 4.69) is 40.5 Å². The fourth-order valence-electron chi connectivity index (χ4n) is 3.14. The monoisotopic (exact) mass is 397 g/mol. The molecule has 4 aromatic rings. The van der Waals surface area contributed by atoms with E-state index in [0.717, 1.165) is 20.4 Å². The van der Waals surface area contributed by atoms with E-state index in [9.17, 15) is 4.79 Å². The molecular formula is C20H19N3O2S2. The first-order valence-electron chi connectivity index (χ1n) is 8.58. The maximum absolute atomic E-state index is 12.8. The zero-order chi connectivity index (χ0) is 19.0. The third-order valence-electron chi connectivity index (χ3n) is 4.41. The molecule has 0 radical (unpaired) electrons. The van der Waals surface area contributed by atoms with Crippen LogP contribution in [-0.2, 0) is 11.3 Å². The molecule has 0 atom stereocenters. The van der Waals surface area contributed by atoms with E-state index in [1.54, 1.807) is 30.0 Å². The molecule has 2 heterocycles. The van der Waals surface area contributed by atoms with Crippen LogP contribution in [0.1, 0.15) is 21.5 Å². The van der Waals surface area contributed by atoms with Gasteiger partial charge in [0, 0.05) is 19.2 Å². The number of hydrogen-bond acceptors (Lipinski definition) is 5. The lowest BCUT2D eigenvalue weighted by Gasteiger charge is -2.06. The van der Waals surface area contributed by atoms with Gasteiger partial charge in [0.2, 0.25) is 0 Å². The van der Waals surface area contributed by atoms with Crippen LogP contribution < -0.4 is 4.80 Å². The molecule has 0 N–H and O–H groups in total. The van der Waals surface area contributed by atoms with Crippen LogP contribution in [0.15, 0.2) is 40.8 Å². The van der Waals surface area contributed by atoms with Crippen molar-refractivity contribution in [3.8, 4) is 0 Å². The van der Waals surface area contributed by atoms with Gasteiger partial charge in [0.15, 0.2) is 4.80 Å². The summed E-state index contributed by atoms with van der Waals surface area (Å²) in [5, 5.41) is 0. The fourth-order valence-corrected chi connectivity index (χ4v) is 4.96. The summed E-state index contributed by atoms with van der Waals surface area (Å²) in [6.07, 6.45) is 0. The summed E-state index contributed by atoms with van der Waals surface area (Å²) in [5.41, 5.74) is 6.75. The van der Waals surface area contributed by atoms with Gasteiger partial charge >= 0.3 is 0 Å². The molecule has 4 rings (SSSR count). The molecule has 2 aromatic carbocycles. The lowest BCUT2D eigenvalue weighted by Crippen LogP contribution is -2.19. The van der Waals surface area contributed by atoms with Gasteiger partial charge in [-0.15, -0.1) is 11.3 Å². The minimum Gasteiger partial charge on any atom is -0.383 e. The van der Waals surface area contributed by atoms with Gasteiger partial charge in [-0.2, -0.15) is 4.99 Å². The van der Waals surface area contributed by atoms with E-state index in [4.69, 9.17) is 4.74 Å². The molecule has 5 nitrogen and oxygen atoms in total. The van der Waals surface area contributed by atoms with Crippen LogP contribution in [0.25, 0.3) is 20.4 Å². The molecule has 27 heavy (non-hydrogen) atoms. The van der Waals surface area contributed by atoms with E-state index < -0.39 is 0 Å². The minimum atomic E-state index is -0.239. The van der Waals surface area contributed by atoms with Gasteiger partial charge in [-0.1, -0.05) is 17.4 Å². The molecule has 0 fully saturated rings. The Kier molecular flexibility index (Phi) is 4.90. The topological polar surface area (TPSA) is 56.5 Å². The first-order valence-corrected chi connectivity index (χ1v) is 10.3. The molecule has 0 saturated carbocycles. The molecule has 7 heteroatoms. The van der Waals surface area contributed by atoms with Crippen LogP contribution in [-0.4, -0.2) is 29.2 Å². The summed E-state index contributed by atoms with van der Waals surface area (Å²) in [6, 6.07) is 9.81. The zero-order valence-electron chi connectivity index (χ0n) is 15.4. The van der Waals surface area contributed by atoms with Crippen molar-refractivity contribution in [3.05, 3.63) is 57.3 Å². The summed E-state index contributed by atoms with van der Waals surface area (Å²) in [7, 11) is 1.68. The Hall–Kier alpha value is -2.35. The van der Waals surface area contributed by atoms with Gasteiger partial charge in [-0.25, -0.2) is 4.98 Å². The van der Waals surface area contributed by atoms with E-state index in [-0.39, 0.29) is 5.91 Å². The Balaban J connectivity index is 1.85. The fraction of sp³-hybridized carbons (Fsp3) is 0.250. The number of aromatic nitrogens is 2. The highest BCUT2D eigenvalue weighted by Crippen LogP contribution is 2.24. The van der Waals surface area contributed by atoms with Crippen LogP contribution in [0.5, 0.6) is 0 Å². The van der Waals surface area contributed by atoms with Gasteiger partial charge in [0.05, 0.1) is 32.6 Å². The maximum atomic E-state index is 12.8. The molecule has 138 valence electrons. The number of hydrogen-bond donors (Lipinski definition) is 0. The highest BCUT2D eigenvalue weighted by atomic mass is 32.1. The van der Waals surface area contributed by atoms with Crippen LogP contribution in [0.2, 0.25) is 0 Å². The second-order valence-corrected chi connectivity index (χ2v) is 8.27. The predicted octanol–water partition coefficient (Wildman–Crippen LogP) is 4.32. The number of ether oxygens (including phenoxy) is 1. The Morgan fingerprint density at radius 2 is 2.11 bits per heavy atom. The highest BCUT2D eigenvalue weighted by Gasteiger charge is 2.12. The first-order chi connectivity index (χ1) is 13.1. The quantitative estimate of drug-likeness (QED) is 0.515. The van der Waals surface area contributed by atoms with Crippen LogP contribution >= 0.6 is 22.7 Å². The van der Waals surface area contributed by atoms with Gasteiger partial charge < -0.3 is 9.30 Å². The Labute approximate surface area is 164 Å². The van der Waals surface area contributed by atoms with Crippen molar-refractivity contribution in [1.82, 2.24) is 9.55 Å². The molecule has 0 bridgehead atoms. The number of rotatable bonds is 4. The Morgan fingerprint density at radius 3 is 2.93 bits per heavy atom. The molecule has 0 unspecified atom stereocenters. The summed E-state index contributed by atoms with van der Waals surface area (Å²) in [6.45, 7) is 5.39. The van der Waals surface area contributed by atoms with Crippen molar-refractivity contribution >= 4 is 49.0 Å². The molecule has 0 spiro atoms. The normalized spacial score (nSPS) is 12.3. The summed E-state index contributed by atoms with van der Waals surface area (Å²) in [4.78, 5) is 22.2. The van der Waals surface area contributed by atoms with Crippen molar-refractivity contribution in [2.45, 2.75) is 20.4 Å². The number of carbonyl (C=O) groups is 1. The second-order valence-electron chi connectivity index (χ2n) is 6.41. The zero-order valence-corrected chi connectivity index (χ0v) is 17.0. The average Bonchev–Trinajstić information content (AvgIpc) is 3.24. The van der Waals surface area contributed by atoms with E-state index >= 15 is 0 Å². The number of methoxy groups -OCH3 is 1. The van der Waals surface area contributed by atoms with Crippen LogP contribution in [0.3, 0.4) is 0 Å². The Morgan fingerprint density at radius 1 is 1.26 bits per heavy atom. The van der Waals surface area contributed by atoms with Gasteiger partial charge in [0.1, 0.15) is 0 Å². The van der Waals surface area contributed by atoms with Crippen molar-refractivity contribution in [3.63, 3.8) is 0 Å². The third kappa shape index (κ3) is 3.45. The summed E-state index contributed by atoms with van der Waals surface area (Å²) < 4.78 is 9.48. The molecule has 0 saturated heterocycles. The smallest absolute Gasteiger partial charge is 0.279 e. The van der Waals surface area contributed by atoms with E-state index in [1.165, 1.54) is 22.5 Å². The minimum absolute atomic E-state index is 0.239. The molecule has 0 aliphatic rings. The number of carbonyl (C=O) groups excluding carboxylic acids is 1. The SMILES string of the molecule is COCCn1c(=NC(=O)c2ccc3ncsc3c2)sc2c(C)cc(C)cc21. The van der Waals surface area contributed by atoms with Gasteiger partial charge in [-0.05, 0) is 49.2 Å². The van der Waals surface area contributed by atoms with E-state index in [0.29, 0.717) is 23.5 Å². The second kappa shape index (κ2) is 7.34. The highest BCUT2D eigenvalue weighted by molar-refractivity contribution is 7.17. The lowest BCUT2D eigenvalue weighted by atomic mass is 10.1. The Bertz CT molecular complexity index is 1220. The van der Waals surface area contributed by atoms with Crippen LogP contribution in [0, 0.1) is 13.8 Å². The number of nitrogens with zero attached hydrogens (tertiary/aromatic N) is 3. The third-order valence-corrected chi connectivity index (χ3v) is 6.43. The largest absolute Gasteiger partial charge is 0.383 e. The molecular weight excluding hydrogens is 378 g/mol. The summed E-state index contributed by atoms with van der Waals surface area (Å²) >= 11 is 3.07. The summed E-state index contributed by atoms with van der Waals surface area (Å²) in [5.74, 6) is -0.239. The van der Waals surface area contributed by atoms with Crippen molar-refractivity contribution in [2.75, 3.05) is 13.7 Å². The molecule has 0 aliphatic heterocycles. The van der Waals surface area contributed by atoms with Gasteiger partial charge in [-0.3, -0.25) is 4.79 Å². The average molecular weight is 398 g/mol. The molecule has 2 aromatic heterocycles. The van der Waals surface area contributed by atoms with Gasteiger partial charge in [0.25, 0.3) is 5.91 Å². The number of benzene rings is 2. The standard InChI is InChI=1S/C20H19N3O2S2/c1-12-8-13(2)18-16(9-12)23(6-7-25-3)20(27-18)22-19(24)14-4-5-15-17(10-14)26-11-21-15/h4-5,8-11H,6-7H2,1-3H3. The molecule has 0 aliphatic carbocycles. The van der Waals surface area contributed by atoms with Crippen molar-refractivity contribution in [2.24, 2.45) is 4.99 Å². The maximum Gasteiger partial charge on any atom is 0.279 e. The predicted molar refractivity (Wildman–Crippen MR) is 111 cm³/mol. The number of thiazole rings is 2. The first kappa shape index (κ1) is 18.0. The number of aryl methyl sites for hydroxylation is 2.